The highest BCUT2D eigenvalue weighted by Crippen LogP contribution is 2.31. The summed E-state index contributed by atoms with van der Waals surface area (Å²) in [5, 5.41) is 12.1. The van der Waals surface area contributed by atoms with Gasteiger partial charge in [0.25, 0.3) is 0 Å². The van der Waals surface area contributed by atoms with Gasteiger partial charge in [-0.1, -0.05) is 42.7 Å². The molecule has 0 unspecified atom stereocenters. The molecule has 1 aliphatic rings. The number of benzene rings is 1. The van der Waals surface area contributed by atoms with Crippen molar-refractivity contribution in [1.29, 1.82) is 0 Å². The van der Waals surface area contributed by atoms with E-state index in [1.165, 1.54) is 0 Å². The largest absolute Gasteiger partial charge is 0.482 e. The summed E-state index contributed by atoms with van der Waals surface area (Å²) < 4.78 is 36.6. The third-order valence-electron chi connectivity index (χ3n) is 5.37. The molecule has 0 bridgehead atoms. The number of carbonyl (C=O) groups excluding carboxylic acids is 1. The van der Waals surface area contributed by atoms with Crippen molar-refractivity contribution in [3.05, 3.63) is 71.8 Å². The van der Waals surface area contributed by atoms with Crippen LogP contribution in [0.1, 0.15) is 44.0 Å². The second kappa shape index (κ2) is 12.3. The Kier molecular flexibility index (Phi) is 8.68. The van der Waals surface area contributed by atoms with Gasteiger partial charge in [-0.2, -0.15) is 0 Å². The molecule has 1 aromatic carbocycles. The third-order valence-corrected chi connectivity index (χ3v) is 6.54. The lowest BCUT2D eigenvalue weighted by Gasteiger charge is -2.16. The monoisotopic (exact) mass is 509 g/mol. The number of ether oxygens (including phenoxy) is 1. The second-order valence-corrected chi connectivity index (χ2v) is 9.15. The minimum absolute atomic E-state index is 0.0486. The third kappa shape index (κ3) is 6.49. The first-order chi connectivity index (χ1) is 17.5. The van der Waals surface area contributed by atoms with Gasteiger partial charge in [-0.25, -0.2) is 8.78 Å². The molecule has 0 aliphatic heterocycles. The van der Waals surface area contributed by atoms with E-state index in [2.05, 4.69) is 44.5 Å². The van der Waals surface area contributed by atoms with E-state index in [0.29, 0.717) is 17.4 Å². The van der Waals surface area contributed by atoms with Gasteiger partial charge < -0.3 is 10.1 Å². The van der Waals surface area contributed by atoms with Crippen molar-refractivity contribution in [2.24, 2.45) is 0 Å². The van der Waals surface area contributed by atoms with Crippen molar-refractivity contribution in [1.82, 2.24) is 25.1 Å². The number of carbonyl (C=O) groups is 1. The Bertz CT molecular complexity index is 1300. The average Bonchev–Trinajstić information content (AvgIpc) is 3.30. The number of thioether (sulfide) groups is 1. The number of nitrogens with one attached hydrogen (secondary N) is 1. The Morgan fingerprint density at radius 3 is 2.94 bits per heavy atom. The fraction of sp³-hybridized carbons (Fsp3) is 0.308. The Labute approximate surface area is 212 Å². The predicted molar refractivity (Wildman–Crippen MR) is 133 cm³/mol. The first-order valence-electron chi connectivity index (χ1n) is 11.6. The smallest absolute Gasteiger partial charge is 0.220 e. The fourth-order valence-electron chi connectivity index (χ4n) is 3.51. The summed E-state index contributed by atoms with van der Waals surface area (Å²) >= 11 is 1.59. The Morgan fingerprint density at radius 2 is 2.19 bits per heavy atom. The van der Waals surface area contributed by atoms with Crippen LogP contribution in [0, 0.1) is 23.5 Å². The van der Waals surface area contributed by atoms with Crippen LogP contribution in [0.3, 0.4) is 0 Å². The molecule has 36 heavy (non-hydrogen) atoms. The van der Waals surface area contributed by atoms with Crippen LogP contribution in [-0.4, -0.2) is 37.5 Å². The molecule has 186 valence electrons. The zero-order valence-electron chi connectivity index (χ0n) is 19.7. The van der Waals surface area contributed by atoms with Crippen molar-refractivity contribution in [2.45, 2.75) is 49.6 Å². The van der Waals surface area contributed by atoms with E-state index in [1.54, 1.807) is 37.1 Å². The molecule has 4 rings (SSSR count). The zero-order valence-corrected chi connectivity index (χ0v) is 20.5. The van der Waals surface area contributed by atoms with Crippen LogP contribution >= 0.6 is 11.8 Å². The van der Waals surface area contributed by atoms with Crippen molar-refractivity contribution < 1.29 is 18.3 Å². The fourth-order valence-corrected chi connectivity index (χ4v) is 4.66. The summed E-state index contributed by atoms with van der Waals surface area (Å²) in [7, 11) is 0. The second-order valence-electron chi connectivity index (χ2n) is 7.94. The molecule has 0 saturated heterocycles. The normalized spacial score (nSPS) is 14.7. The molecule has 3 aromatic rings. The molecule has 7 nitrogen and oxygen atoms in total. The molecular weight excluding hydrogens is 484 g/mol. The Balaban J connectivity index is 1.51. The number of allylic oxidation sites excluding steroid dienone is 1. The lowest BCUT2D eigenvalue weighted by atomic mass is 10.1. The number of pyridine rings is 1. The first-order valence-corrected chi connectivity index (χ1v) is 12.5. The summed E-state index contributed by atoms with van der Waals surface area (Å²) in [4.78, 5) is 15.4. The van der Waals surface area contributed by atoms with Gasteiger partial charge in [0.1, 0.15) is 12.4 Å². The number of hydrogen-bond acceptors (Lipinski definition) is 6. The number of halogens is 2. The molecule has 10 heteroatoms. The van der Waals surface area contributed by atoms with Crippen LogP contribution in [0.5, 0.6) is 5.75 Å². The molecule has 0 radical (unpaired) electrons. The van der Waals surface area contributed by atoms with E-state index in [-0.39, 0.29) is 35.6 Å². The standard InChI is InChI=1S/C26H25F2N5O2S/c1-2-25(34)30-13-6-8-18-14-22(28)23(15-21(18)27)35-17-24-31-32-26(36-20-10-4-3-5-11-20)33(24)19-9-7-12-29-16-19/h4,7,9-10,12,14-16,20H,2-3,5,11,13,17H2,1H3,(H,30,34)/t20-/m0/s1. The molecule has 0 fully saturated rings. The summed E-state index contributed by atoms with van der Waals surface area (Å²) in [5.41, 5.74) is 0.624. The summed E-state index contributed by atoms with van der Waals surface area (Å²) in [6.45, 7) is 1.63. The summed E-state index contributed by atoms with van der Waals surface area (Å²) in [5.74, 6) is 3.65. The van der Waals surface area contributed by atoms with E-state index in [4.69, 9.17) is 4.74 Å². The Morgan fingerprint density at radius 1 is 1.31 bits per heavy atom. The van der Waals surface area contributed by atoms with Gasteiger partial charge in [0.05, 0.1) is 24.0 Å². The summed E-state index contributed by atoms with van der Waals surface area (Å²) in [6, 6.07) is 5.60. The minimum atomic E-state index is -0.757. The molecular formula is C26H25F2N5O2S. The van der Waals surface area contributed by atoms with Crippen LogP contribution in [0.15, 0.2) is 54.0 Å². The van der Waals surface area contributed by atoms with Gasteiger partial charge in [0, 0.05) is 23.9 Å². The van der Waals surface area contributed by atoms with Gasteiger partial charge in [-0.05, 0) is 37.5 Å². The number of hydrogen-bond donors (Lipinski definition) is 1. The van der Waals surface area contributed by atoms with E-state index >= 15 is 0 Å². The average molecular weight is 510 g/mol. The maximum Gasteiger partial charge on any atom is 0.220 e. The van der Waals surface area contributed by atoms with Crippen molar-refractivity contribution in [3.63, 3.8) is 0 Å². The van der Waals surface area contributed by atoms with Crippen LogP contribution in [0.25, 0.3) is 5.69 Å². The van der Waals surface area contributed by atoms with Crippen molar-refractivity contribution >= 4 is 17.7 Å². The highest BCUT2D eigenvalue weighted by molar-refractivity contribution is 7.99. The Hall–Kier alpha value is -3.71. The van der Waals surface area contributed by atoms with E-state index in [9.17, 15) is 13.6 Å². The molecule has 2 aromatic heterocycles. The SMILES string of the molecule is CCC(=O)NCC#Cc1cc(F)c(OCc2nnc(S[C@H]3C=CCCC3)n2-c2cccnc2)cc1F. The molecule has 1 amide bonds. The highest BCUT2D eigenvalue weighted by Gasteiger charge is 2.20. The number of rotatable bonds is 8. The molecule has 1 N–H and O–H groups in total. The zero-order chi connectivity index (χ0) is 25.3. The minimum Gasteiger partial charge on any atom is -0.482 e. The molecule has 1 atom stereocenters. The number of nitrogens with zero attached hydrogens (tertiary/aromatic N) is 4. The van der Waals surface area contributed by atoms with Gasteiger partial charge >= 0.3 is 0 Å². The maximum absolute atomic E-state index is 14.7. The van der Waals surface area contributed by atoms with Crippen molar-refractivity contribution in [2.75, 3.05) is 6.54 Å². The van der Waals surface area contributed by atoms with E-state index < -0.39 is 11.6 Å². The quantitative estimate of drug-likeness (QED) is 0.353. The van der Waals surface area contributed by atoms with Gasteiger partial charge in [0.15, 0.2) is 22.5 Å². The van der Waals surface area contributed by atoms with Crippen LogP contribution < -0.4 is 10.1 Å². The maximum atomic E-state index is 14.7. The molecule has 0 saturated carbocycles. The van der Waals surface area contributed by atoms with Gasteiger partial charge in [-0.15, -0.1) is 10.2 Å². The molecule has 0 spiro atoms. The molecule has 1 aliphatic carbocycles. The van der Waals surface area contributed by atoms with E-state index in [1.807, 2.05) is 10.6 Å². The predicted octanol–water partition coefficient (Wildman–Crippen LogP) is 4.60. The number of amides is 1. The van der Waals surface area contributed by atoms with E-state index in [0.717, 1.165) is 37.1 Å². The van der Waals surface area contributed by atoms with Crippen LogP contribution in [0.4, 0.5) is 8.78 Å². The van der Waals surface area contributed by atoms with Gasteiger partial charge in [-0.3, -0.25) is 14.3 Å². The lowest BCUT2D eigenvalue weighted by molar-refractivity contribution is -0.120. The van der Waals surface area contributed by atoms with Crippen LogP contribution in [-0.2, 0) is 11.4 Å². The first kappa shape index (κ1) is 25.4. The topological polar surface area (TPSA) is 81.9 Å². The number of aromatic nitrogens is 4. The van der Waals surface area contributed by atoms with Gasteiger partial charge in [0.2, 0.25) is 5.91 Å². The lowest BCUT2D eigenvalue weighted by Crippen LogP contribution is -2.22. The summed E-state index contributed by atoms with van der Waals surface area (Å²) in [6.07, 6.45) is 11.2. The highest BCUT2D eigenvalue weighted by atomic mass is 32.2. The van der Waals surface area contributed by atoms with Crippen molar-refractivity contribution in [3.8, 4) is 23.3 Å². The van der Waals surface area contributed by atoms with Crippen LogP contribution in [0.2, 0.25) is 0 Å². The molecule has 2 heterocycles.